The highest BCUT2D eigenvalue weighted by Crippen LogP contribution is 2.29. The molecule has 0 radical (unpaired) electrons. The topological polar surface area (TPSA) is 75.7 Å². The van der Waals surface area contributed by atoms with Crippen LogP contribution < -0.4 is 5.32 Å². The van der Waals surface area contributed by atoms with E-state index in [1.54, 1.807) is 33.9 Å². The van der Waals surface area contributed by atoms with Gasteiger partial charge < -0.3 is 10.1 Å². The Bertz CT molecular complexity index is 632. The SMILES string of the molecule is COCCNC(=O)c1ccc2c(c1)C(=O)N(C(C)(C)C)C2=O. The fraction of sp³-hybridized carbons (Fsp3) is 0.438. The number of hydrogen-bond acceptors (Lipinski definition) is 4. The van der Waals surface area contributed by atoms with Crippen LogP contribution in [0.3, 0.4) is 0 Å². The Labute approximate surface area is 129 Å². The third kappa shape index (κ3) is 2.87. The van der Waals surface area contributed by atoms with Gasteiger partial charge in [0.1, 0.15) is 0 Å². The van der Waals surface area contributed by atoms with Gasteiger partial charge in [-0.05, 0) is 39.0 Å². The molecule has 2 rings (SSSR count). The van der Waals surface area contributed by atoms with E-state index in [1.165, 1.54) is 17.0 Å². The summed E-state index contributed by atoms with van der Waals surface area (Å²) in [6.07, 6.45) is 0. The number of rotatable bonds is 4. The van der Waals surface area contributed by atoms with E-state index in [0.29, 0.717) is 24.3 Å². The average molecular weight is 304 g/mol. The van der Waals surface area contributed by atoms with Crippen LogP contribution in [0.1, 0.15) is 51.8 Å². The van der Waals surface area contributed by atoms with Crippen LogP contribution in [0.2, 0.25) is 0 Å². The number of carbonyl (C=O) groups excluding carboxylic acids is 3. The summed E-state index contributed by atoms with van der Waals surface area (Å²) < 4.78 is 4.86. The minimum absolute atomic E-state index is 0.277. The lowest BCUT2D eigenvalue weighted by Crippen LogP contribution is -2.45. The first-order valence-corrected chi connectivity index (χ1v) is 7.07. The molecule has 1 N–H and O–H groups in total. The van der Waals surface area contributed by atoms with Crippen molar-refractivity contribution in [3.8, 4) is 0 Å². The summed E-state index contributed by atoms with van der Waals surface area (Å²) in [5.74, 6) is -0.979. The van der Waals surface area contributed by atoms with Gasteiger partial charge in [-0.2, -0.15) is 0 Å². The van der Waals surface area contributed by atoms with Gasteiger partial charge in [0.05, 0.1) is 17.7 Å². The minimum Gasteiger partial charge on any atom is -0.383 e. The first-order valence-electron chi connectivity index (χ1n) is 7.07. The van der Waals surface area contributed by atoms with Gasteiger partial charge in [-0.1, -0.05) is 0 Å². The van der Waals surface area contributed by atoms with Gasteiger partial charge in [-0.25, -0.2) is 0 Å². The molecule has 6 nitrogen and oxygen atoms in total. The zero-order valence-corrected chi connectivity index (χ0v) is 13.2. The van der Waals surface area contributed by atoms with Crippen molar-refractivity contribution in [3.05, 3.63) is 34.9 Å². The van der Waals surface area contributed by atoms with E-state index in [0.717, 1.165) is 0 Å². The van der Waals surface area contributed by atoms with Crippen LogP contribution in [0.4, 0.5) is 0 Å². The smallest absolute Gasteiger partial charge is 0.262 e. The summed E-state index contributed by atoms with van der Waals surface area (Å²) in [6.45, 7) is 6.19. The molecule has 118 valence electrons. The summed E-state index contributed by atoms with van der Waals surface area (Å²) in [7, 11) is 1.55. The fourth-order valence-corrected chi connectivity index (χ4v) is 2.36. The van der Waals surface area contributed by atoms with Crippen LogP contribution in [0.5, 0.6) is 0 Å². The number of hydrogen-bond donors (Lipinski definition) is 1. The molecule has 0 spiro atoms. The molecule has 0 atom stereocenters. The number of ether oxygens (including phenoxy) is 1. The molecule has 0 aromatic heterocycles. The number of amides is 3. The normalized spacial score (nSPS) is 14.3. The van der Waals surface area contributed by atoms with Crippen molar-refractivity contribution in [3.63, 3.8) is 0 Å². The van der Waals surface area contributed by atoms with Gasteiger partial charge in [0.2, 0.25) is 0 Å². The number of carbonyl (C=O) groups is 3. The van der Waals surface area contributed by atoms with Crippen molar-refractivity contribution in [2.45, 2.75) is 26.3 Å². The van der Waals surface area contributed by atoms with Gasteiger partial charge in [-0.3, -0.25) is 19.3 Å². The van der Waals surface area contributed by atoms with Crippen LogP contribution in [-0.4, -0.2) is 48.4 Å². The molecule has 0 bridgehead atoms. The molecule has 6 heteroatoms. The third-order valence-electron chi connectivity index (χ3n) is 3.41. The van der Waals surface area contributed by atoms with Crippen LogP contribution in [0.15, 0.2) is 18.2 Å². The van der Waals surface area contributed by atoms with E-state index in [2.05, 4.69) is 5.32 Å². The molecule has 1 aliphatic rings. The number of nitrogens with zero attached hydrogens (tertiary/aromatic N) is 1. The number of nitrogens with one attached hydrogen (secondary N) is 1. The zero-order valence-electron chi connectivity index (χ0n) is 13.2. The molecule has 0 fully saturated rings. The predicted octanol–water partition coefficient (Wildman–Crippen LogP) is 1.46. The van der Waals surface area contributed by atoms with Crippen molar-refractivity contribution in [2.24, 2.45) is 0 Å². The van der Waals surface area contributed by atoms with Gasteiger partial charge >= 0.3 is 0 Å². The lowest BCUT2D eigenvalue weighted by Gasteiger charge is -2.29. The van der Waals surface area contributed by atoms with Gasteiger partial charge in [0, 0.05) is 24.8 Å². The number of fused-ring (bicyclic) bond motifs is 1. The van der Waals surface area contributed by atoms with E-state index in [1.807, 2.05) is 0 Å². The minimum atomic E-state index is -0.603. The Kier molecular flexibility index (Phi) is 4.32. The second-order valence-corrected chi connectivity index (χ2v) is 6.13. The quantitative estimate of drug-likeness (QED) is 0.675. The Morgan fingerprint density at radius 1 is 1.18 bits per heavy atom. The number of benzene rings is 1. The maximum atomic E-state index is 12.4. The first-order chi connectivity index (χ1) is 10.3. The monoisotopic (exact) mass is 304 g/mol. The molecular formula is C16H20N2O4. The Balaban J connectivity index is 2.28. The van der Waals surface area contributed by atoms with Crippen molar-refractivity contribution in [1.82, 2.24) is 10.2 Å². The summed E-state index contributed by atoms with van der Waals surface area (Å²) in [6, 6.07) is 4.56. The van der Waals surface area contributed by atoms with Gasteiger partial charge in [0.15, 0.2) is 0 Å². The maximum absolute atomic E-state index is 12.4. The molecule has 0 aliphatic carbocycles. The Morgan fingerprint density at radius 3 is 2.41 bits per heavy atom. The van der Waals surface area contributed by atoms with Crippen LogP contribution in [-0.2, 0) is 4.74 Å². The first kappa shape index (κ1) is 16.2. The molecule has 1 aromatic rings. The van der Waals surface area contributed by atoms with Gasteiger partial charge in [-0.15, -0.1) is 0 Å². The molecular weight excluding hydrogens is 284 g/mol. The maximum Gasteiger partial charge on any atom is 0.262 e. The van der Waals surface area contributed by atoms with Crippen molar-refractivity contribution < 1.29 is 19.1 Å². The van der Waals surface area contributed by atoms with E-state index in [4.69, 9.17) is 4.74 Å². The highest BCUT2D eigenvalue weighted by molar-refractivity contribution is 6.22. The molecule has 1 aromatic carbocycles. The van der Waals surface area contributed by atoms with Crippen molar-refractivity contribution in [2.75, 3.05) is 20.3 Å². The largest absolute Gasteiger partial charge is 0.383 e. The zero-order chi connectivity index (χ0) is 16.5. The molecule has 22 heavy (non-hydrogen) atoms. The summed E-state index contributed by atoms with van der Waals surface area (Å²) in [5, 5.41) is 2.68. The molecule has 0 saturated heterocycles. The fourth-order valence-electron chi connectivity index (χ4n) is 2.36. The van der Waals surface area contributed by atoms with Crippen LogP contribution in [0, 0.1) is 0 Å². The standard InChI is InChI=1S/C16H20N2O4/c1-16(2,3)18-14(20)11-6-5-10(9-12(11)15(18)21)13(19)17-7-8-22-4/h5-6,9H,7-8H2,1-4H3,(H,17,19). The van der Waals surface area contributed by atoms with Crippen LogP contribution in [0.25, 0.3) is 0 Å². The van der Waals surface area contributed by atoms with E-state index in [9.17, 15) is 14.4 Å². The lowest BCUT2D eigenvalue weighted by molar-refractivity contribution is 0.0507. The number of imide groups is 1. The van der Waals surface area contributed by atoms with Gasteiger partial charge in [0.25, 0.3) is 17.7 Å². The van der Waals surface area contributed by atoms with Crippen LogP contribution >= 0.6 is 0 Å². The highest BCUT2D eigenvalue weighted by Gasteiger charge is 2.42. The van der Waals surface area contributed by atoms with Crippen molar-refractivity contribution >= 4 is 17.7 Å². The second kappa shape index (κ2) is 5.88. The molecule has 3 amide bonds. The second-order valence-electron chi connectivity index (χ2n) is 6.13. The Hall–Kier alpha value is -2.21. The van der Waals surface area contributed by atoms with E-state index < -0.39 is 5.54 Å². The summed E-state index contributed by atoms with van der Waals surface area (Å²) in [5.41, 5.74) is 0.369. The summed E-state index contributed by atoms with van der Waals surface area (Å²) in [4.78, 5) is 38.0. The predicted molar refractivity (Wildman–Crippen MR) is 80.9 cm³/mol. The van der Waals surface area contributed by atoms with E-state index in [-0.39, 0.29) is 23.3 Å². The Morgan fingerprint density at radius 2 is 1.82 bits per heavy atom. The number of methoxy groups -OCH3 is 1. The third-order valence-corrected chi connectivity index (χ3v) is 3.41. The molecule has 0 saturated carbocycles. The lowest BCUT2D eigenvalue weighted by atomic mass is 10.1. The molecule has 1 heterocycles. The summed E-state index contributed by atoms with van der Waals surface area (Å²) >= 11 is 0. The highest BCUT2D eigenvalue weighted by atomic mass is 16.5. The molecule has 1 aliphatic heterocycles. The average Bonchev–Trinajstić information content (AvgIpc) is 2.70. The molecule has 0 unspecified atom stereocenters. The van der Waals surface area contributed by atoms with E-state index >= 15 is 0 Å². The van der Waals surface area contributed by atoms with Crippen molar-refractivity contribution in [1.29, 1.82) is 0 Å².